The number of likely N-dealkylation sites (tertiary alicyclic amines) is 1. The number of benzene rings is 1. The molecule has 1 atom stereocenters. The fourth-order valence-electron chi connectivity index (χ4n) is 3.09. The van der Waals surface area contributed by atoms with Crippen LogP contribution in [0.2, 0.25) is 0 Å². The van der Waals surface area contributed by atoms with Gasteiger partial charge in [0.25, 0.3) is 0 Å². The molecule has 140 valence electrons. The number of nitrogens with one attached hydrogen (secondary N) is 3. The summed E-state index contributed by atoms with van der Waals surface area (Å²) in [5.41, 5.74) is 1.06. The second-order valence-corrected chi connectivity index (χ2v) is 7.43. The Bertz CT molecular complexity index is 700. The van der Waals surface area contributed by atoms with Crippen LogP contribution in [0.1, 0.15) is 33.1 Å². The van der Waals surface area contributed by atoms with Gasteiger partial charge in [-0.25, -0.2) is 4.79 Å². The van der Waals surface area contributed by atoms with Gasteiger partial charge in [-0.05, 0) is 44.7 Å². The van der Waals surface area contributed by atoms with E-state index in [1.807, 2.05) is 18.7 Å². The molecule has 2 fully saturated rings. The highest BCUT2D eigenvalue weighted by molar-refractivity contribution is 6.01. The van der Waals surface area contributed by atoms with E-state index in [9.17, 15) is 14.4 Å². The Morgan fingerprint density at radius 3 is 2.42 bits per heavy atom. The van der Waals surface area contributed by atoms with Crippen molar-refractivity contribution in [2.45, 2.75) is 39.2 Å². The Labute approximate surface area is 153 Å². The van der Waals surface area contributed by atoms with Crippen molar-refractivity contribution in [3.05, 3.63) is 24.3 Å². The molecular formula is C19H26N4O3. The number of carbonyl (C=O) groups is 3. The first kappa shape index (κ1) is 18.2. The molecule has 7 nitrogen and oxygen atoms in total. The lowest BCUT2D eigenvalue weighted by Gasteiger charge is -2.17. The zero-order valence-corrected chi connectivity index (χ0v) is 15.2. The minimum absolute atomic E-state index is 0.0127. The van der Waals surface area contributed by atoms with Gasteiger partial charge in [-0.2, -0.15) is 0 Å². The van der Waals surface area contributed by atoms with Crippen LogP contribution < -0.4 is 16.0 Å². The molecule has 7 heteroatoms. The van der Waals surface area contributed by atoms with Crippen LogP contribution in [0.25, 0.3) is 0 Å². The fraction of sp³-hybridized carbons (Fsp3) is 0.526. The minimum atomic E-state index is -0.348. The van der Waals surface area contributed by atoms with Gasteiger partial charge in [0, 0.05) is 25.6 Å². The standard InChI is InChI=1S/C19H26N4O3/c1-12(2)20-19(26)22-16-6-4-3-5-15(16)21-18(25)14-9-17(24)23(11-14)10-13-7-8-13/h3-6,12-14H,7-11H2,1-2H3,(H,21,25)(H2,20,22,26). The summed E-state index contributed by atoms with van der Waals surface area (Å²) in [6.07, 6.45) is 2.61. The van der Waals surface area contributed by atoms with Crippen molar-refractivity contribution < 1.29 is 14.4 Å². The zero-order valence-electron chi connectivity index (χ0n) is 15.2. The van der Waals surface area contributed by atoms with Gasteiger partial charge in [0.05, 0.1) is 17.3 Å². The fourth-order valence-corrected chi connectivity index (χ4v) is 3.09. The Morgan fingerprint density at radius 1 is 1.15 bits per heavy atom. The molecule has 1 aromatic carbocycles. The van der Waals surface area contributed by atoms with Crippen LogP contribution in [-0.4, -0.2) is 41.9 Å². The van der Waals surface area contributed by atoms with Crippen molar-refractivity contribution in [2.24, 2.45) is 11.8 Å². The van der Waals surface area contributed by atoms with E-state index in [0.717, 1.165) is 6.54 Å². The quantitative estimate of drug-likeness (QED) is 0.729. The van der Waals surface area contributed by atoms with Gasteiger partial charge in [-0.3, -0.25) is 9.59 Å². The van der Waals surface area contributed by atoms with Crippen LogP contribution >= 0.6 is 0 Å². The van der Waals surface area contributed by atoms with Crippen LogP contribution in [0.15, 0.2) is 24.3 Å². The van der Waals surface area contributed by atoms with Crippen LogP contribution in [0.5, 0.6) is 0 Å². The van der Waals surface area contributed by atoms with E-state index in [1.165, 1.54) is 12.8 Å². The van der Waals surface area contributed by atoms with Gasteiger partial charge in [0.1, 0.15) is 0 Å². The van der Waals surface area contributed by atoms with Crippen molar-refractivity contribution in [3.63, 3.8) is 0 Å². The van der Waals surface area contributed by atoms with Crippen LogP contribution in [-0.2, 0) is 9.59 Å². The highest BCUT2D eigenvalue weighted by atomic mass is 16.2. The van der Waals surface area contributed by atoms with Crippen molar-refractivity contribution >= 4 is 29.2 Å². The largest absolute Gasteiger partial charge is 0.342 e. The van der Waals surface area contributed by atoms with E-state index in [-0.39, 0.29) is 36.2 Å². The number of anilines is 2. The molecule has 0 radical (unpaired) electrons. The highest BCUT2D eigenvalue weighted by Gasteiger charge is 2.37. The first-order valence-corrected chi connectivity index (χ1v) is 9.17. The third kappa shape index (κ3) is 4.74. The number of urea groups is 1. The summed E-state index contributed by atoms with van der Waals surface area (Å²) in [6.45, 7) is 5.00. The molecule has 0 bridgehead atoms. The second kappa shape index (κ2) is 7.76. The minimum Gasteiger partial charge on any atom is -0.342 e. The van der Waals surface area contributed by atoms with Crippen LogP contribution in [0, 0.1) is 11.8 Å². The Kier molecular flexibility index (Phi) is 5.44. The second-order valence-electron chi connectivity index (χ2n) is 7.43. The maximum absolute atomic E-state index is 12.6. The Hall–Kier alpha value is -2.57. The predicted molar refractivity (Wildman–Crippen MR) is 99.8 cm³/mol. The average Bonchev–Trinajstić information content (AvgIpc) is 3.31. The Balaban J connectivity index is 1.60. The summed E-state index contributed by atoms with van der Waals surface area (Å²) in [7, 11) is 0. The lowest BCUT2D eigenvalue weighted by Crippen LogP contribution is -2.34. The molecule has 2 aliphatic rings. The number of amides is 4. The molecule has 1 heterocycles. The first-order valence-electron chi connectivity index (χ1n) is 9.17. The van der Waals surface area contributed by atoms with Crippen molar-refractivity contribution in [3.8, 4) is 0 Å². The summed E-state index contributed by atoms with van der Waals surface area (Å²) >= 11 is 0. The number of hydrogen-bond donors (Lipinski definition) is 3. The van der Waals surface area contributed by atoms with E-state index in [1.54, 1.807) is 24.3 Å². The molecule has 1 aromatic rings. The summed E-state index contributed by atoms with van der Waals surface area (Å²) in [5.74, 6) is 0.138. The van der Waals surface area contributed by atoms with E-state index >= 15 is 0 Å². The molecule has 4 amide bonds. The van der Waals surface area contributed by atoms with Gasteiger partial charge in [0.2, 0.25) is 11.8 Å². The third-order valence-electron chi connectivity index (χ3n) is 4.61. The van der Waals surface area contributed by atoms with Crippen LogP contribution in [0.3, 0.4) is 0 Å². The number of hydrogen-bond acceptors (Lipinski definition) is 3. The van der Waals surface area contributed by atoms with Gasteiger partial charge >= 0.3 is 6.03 Å². The molecule has 1 saturated carbocycles. The van der Waals surface area contributed by atoms with Crippen LogP contribution in [0.4, 0.5) is 16.2 Å². The monoisotopic (exact) mass is 358 g/mol. The molecule has 0 spiro atoms. The molecule has 1 unspecified atom stereocenters. The molecule has 26 heavy (non-hydrogen) atoms. The predicted octanol–water partition coefficient (Wildman–Crippen LogP) is 2.41. The SMILES string of the molecule is CC(C)NC(=O)Nc1ccccc1NC(=O)C1CC(=O)N(CC2CC2)C1. The summed E-state index contributed by atoms with van der Waals surface area (Å²) in [4.78, 5) is 38.4. The molecule has 3 rings (SSSR count). The summed E-state index contributed by atoms with van der Waals surface area (Å²) < 4.78 is 0. The zero-order chi connectivity index (χ0) is 18.7. The maximum Gasteiger partial charge on any atom is 0.319 e. The number of para-hydroxylation sites is 2. The van der Waals surface area contributed by atoms with Gasteiger partial charge in [-0.15, -0.1) is 0 Å². The maximum atomic E-state index is 12.6. The van der Waals surface area contributed by atoms with E-state index in [0.29, 0.717) is 23.8 Å². The van der Waals surface area contributed by atoms with Crippen molar-refractivity contribution in [1.82, 2.24) is 10.2 Å². The normalized spacial score (nSPS) is 19.6. The molecule has 0 aromatic heterocycles. The number of nitrogens with zero attached hydrogens (tertiary/aromatic N) is 1. The number of carbonyl (C=O) groups excluding carboxylic acids is 3. The summed E-state index contributed by atoms with van der Waals surface area (Å²) in [6, 6.07) is 6.74. The van der Waals surface area contributed by atoms with E-state index < -0.39 is 0 Å². The van der Waals surface area contributed by atoms with Crippen molar-refractivity contribution in [2.75, 3.05) is 23.7 Å². The molecule has 1 aliphatic heterocycles. The lowest BCUT2D eigenvalue weighted by atomic mass is 10.1. The molecule has 1 saturated heterocycles. The van der Waals surface area contributed by atoms with Gasteiger partial charge < -0.3 is 20.9 Å². The van der Waals surface area contributed by atoms with E-state index in [2.05, 4.69) is 16.0 Å². The smallest absolute Gasteiger partial charge is 0.319 e. The Morgan fingerprint density at radius 2 is 1.81 bits per heavy atom. The highest BCUT2D eigenvalue weighted by Crippen LogP contribution is 2.32. The lowest BCUT2D eigenvalue weighted by molar-refractivity contribution is -0.128. The van der Waals surface area contributed by atoms with E-state index in [4.69, 9.17) is 0 Å². The average molecular weight is 358 g/mol. The summed E-state index contributed by atoms with van der Waals surface area (Å²) in [5, 5.41) is 8.36. The first-order chi connectivity index (χ1) is 12.4. The topological polar surface area (TPSA) is 90.5 Å². The molecular weight excluding hydrogens is 332 g/mol. The molecule has 1 aliphatic carbocycles. The third-order valence-corrected chi connectivity index (χ3v) is 4.61. The number of rotatable bonds is 6. The van der Waals surface area contributed by atoms with Crippen molar-refractivity contribution in [1.29, 1.82) is 0 Å². The molecule has 3 N–H and O–H groups in total. The van der Waals surface area contributed by atoms with Gasteiger partial charge in [-0.1, -0.05) is 12.1 Å². The van der Waals surface area contributed by atoms with Gasteiger partial charge in [0.15, 0.2) is 0 Å².